The topological polar surface area (TPSA) is 78.3 Å². The van der Waals surface area contributed by atoms with Gasteiger partial charge in [0, 0.05) is 13.2 Å². The zero-order valence-corrected chi connectivity index (χ0v) is 14.0. The van der Waals surface area contributed by atoms with Crippen LogP contribution < -0.4 is 10.1 Å². The maximum absolute atomic E-state index is 12.3. The maximum atomic E-state index is 12.3. The Balaban J connectivity index is 1.68. The van der Waals surface area contributed by atoms with Crippen LogP contribution in [0.2, 0.25) is 0 Å². The van der Waals surface area contributed by atoms with Crippen LogP contribution >= 0.6 is 0 Å². The van der Waals surface area contributed by atoms with E-state index in [4.69, 9.17) is 9.47 Å². The van der Waals surface area contributed by atoms with Gasteiger partial charge >= 0.3 is 0 Å². The van der Waals surface area contributed by atoms with Crippen LogP contribution in [0.25, 0.3) is 0 Å². The van der Waals surface area contributed by atoms with Crippen molar-refractivity contribution in [1.82, 2.24) is 20.3 Å². The summed E-state index contributed by atoms with van der Waals surface area (Å²) in [6.07, 6.45) is 2.09. The molecule has 24 heavy (non-hydrogen) atoms. The summed E-state index contributed by atoms with van der Waals surface area (Å²) in [7, 11) is 1.52. The minimum atomic E-state index is -0.294. The van der Waals surface area contributed by atoms with E-state index in [0.29, 0.717) is 19.0 Å². The molecule has 0 spiro atoms. The molecule has 0 saturated carbocycles. The number of hydrogen-bond donors (Lipinski definition) is 1. The number of hydrogen-bond acceptors (Lipinski definition) is 5. The van der Waals surface area contributed by atoms with Gasteiger partial charge in [0.2, 0.25) is 11.6 Å². The van der Waals surface area contributed by atoms with Crippen LogP contribution in [-0.2, 0) is 11.3 Å². The quantitative estimate of drug-likeness (QED) is 0.869. The molecule has 1 amide bonds. The van der Waals surface area contributed by atoms with Crippen molar-refractivity contribution in [2.45, 2.75) is 32.4 Å². The van der Waals surface area contributed by atoms with Crippen molar-refractivity contribution in [3.05, 3.63) is 41.1 Å². The normalized spacial score (nSPS) is 17.0. The highest BCUT2D eigenvalue weighted by molar-refractivity contribution is 5.94. The maximum Gasteiger partial charge on any atom is 0.277 e. The third-order valence-electron chi connectivity index (χ3n) is 4.07. The summed E-state index contributed by atoms with van der Waals surface area (Å²) >= 11 is 0. The van der Waals surface area contributed by atoms with Gasteiger partial charge in [-0.05, 0) is 25.3 Å². The van der Waals surface area contributed by atoms with Crippen LogP contribution in [0.15, 0.2) is 24.3 Å². The fourth-order valence-corrected chi connectivity index (χ4v) is 2.71. The van der Waals surface area contributed by atoms with Crippen LogP contribution in [0.1, 0.15) is 34.5 Å². The smallest absolute Gasteiger partial charge is 0.277 e. The van der Waals surface area contributed by atoms with Crippen LogP contribution in [-0.4, -0.2) is 47.3 Å². The number of carbonyl (C=O) groups excluding carboxylic acids is 1. The van der Waals surface area contributed by atoms with E-state index in [2.05, 4.69) is 15.6 Å². The molecule has 3 rings (SSSR count). The summed E-state index contributed by atoms with van der Waals surface area (Å²) in [5.74, 6) is 0.0675. The van der Waals surface area contributed by atoms with Gasteiger partial charge in [-0.25, -0.2) is 4.68 Å². The summed E-state index contributed by atoms with van der Waals surface area (Å²) in [6.45, 7) is 3.77. The first kappa shape index (κ1) is 16.4. The minimum Gasteiger partial charge on any atom is -0.479 e. The highest BCUT2D eigenvalue weighted by Crippen LogP contribution is 2.18. The molecule has 2 aromatic rings. The lowest BCUT2D eigenvalue weighted by atomic mass is 10.1. The molecule has 1 aromatic carbocycles. The molecule has 7 heteroatoms. The molecule has 0 bridgehead atoms. The molecule has 0 radical (unpaired) electrons. The fraction of sp³-hybridized carbons (Fsp3) is 0.471. The van der Waals surface area contributed by atoms with E-state index in [1.54, 1.807) is 4.68 Å². The SMILES string of the molecule is COc1c(C(=O)NC[C@H]2CCCO2)nnn1Cc1ccc(C)cc1. The molecule has 1 saturated heterocycles. The lowest BCUT2D eigenvalue weighted by Gasteiger charge is -2.10. The Morgan fingerprint density at radius 2 is 2.21 bits per heavy atom. The largest absolute Gasteiger partial charge is 0.479 e. The Morgan fingerprint density at radius 3 is 2.88 bits per heavy atom. The summed E-state index contributed by atoms with van der Waals surface area (Å²) in [4.78, 5) is 12.3. The Hall–Kier alpha value is -2.41. The van der Waals surface area contributed by atoms with Gasteiger partial charge in [0.05, 0.1) is 19.8 Å². The molecule has 2 heterocycles. The molecule has 0 aliphatic carbocycles. The molecule has 1 aliphatic heterocycles. The zero-order chi connectivity index (χ0) is 16.9. The molecule has 1 fully saturated rings. The van der Waals surface area contributed by atoms with E-state index in [1.165, 1.54) is 12.7 Å². The number of aromatic nitrogens is 3. The van der Waals surface area contributed by atoms with Crippen molar-refractivity contribution in [3.8, 4) is 5.88 Å². The number of benzene rings is 1. The fourth-order valence-electron chi connectivity index (χ4n) is 2.71. The molecule has 0 unspecified atom stereocenters. The second-order valence-corrected chi connectivity index (χ2v) is 5.94. The number of ether oxygens (including phenoxy) is 2. The van der Waals surface area contributed by atoms with E-state index in [1.807, 2.05) is 31.2 Å². The van der Waals surface area contributed by atoms with Gasteiger partial charge in [-0.1, -0.05) is 35.0 Å². The number of amides is 1. The van der Waals surface area contributed by atoms with Crippen molar-refractivity contribution in [1.29, 1.82) is 0 Å². The monoisotopic (exact) mass is 330 g/mol. The van der Waals surface area contributed by atoms with Crippen LogP contribution in [0, 0.1) is 6.92 Å². The third-order valence-corrected chi connectivity index (χ3v) is 4.07. The number of nitrogens with one attached hydrogen (secondary N) is 1. The zero-order valence-electron chi connectivity index (χ0n) is 14.0. The Labute approximate surface area is 141 Å². The summed E-state index contributed by atoms with van der Waals surface area (Å²) in [6, 6.07) is 8.11. The van der Waals surface area contributed by atoms with E-state index >= 15 is 0 Å². The van der Waals surface area contributed by atoms with Gasteiger partial charge in [0.25, 0.3) is 5.91 Å². The molecule has 1 N–H and O–H groups in total. The van der Waals surface area contributed by atoms with Gasteiger partial charge in [0.1, 0.15) is 0 Å². The van der Waals surface area contributed by atoms with Gasteiger partial charge in [-0.2, -0.15) is 0 Å². The first-order chi connectivity index (χ1) is 11.7. The van der Waals surface area contributed by atoms with Crippen molar-refractivity contribution in [2.75, 3.05) is 20.3 Å². The Kier molecular flexibility index (Phi) is 5.10. The average molecular weight is 330 g/mol. The van der Waals surface area contributed by atoms with E-state index in [9.17, 15) is 4.79 Å². The number of methoxy groups -OCH3 is 1. The van der Waals surface area contributed by atoms with E-state index < -0.39 is 0 Å². The number of rotatable bonds is 6. The van der Waals surface area contributed by atoms with Crippen molar-refractivity contribution in [3.63, 3.8) is 0 Å². The first-order valence-corrected chi connectivity index (χ1v) is 8.10. The summed E-state index contributed by atoms with van der Waals surface area (Å²) < 4.78 is 12.4. The molecule has 1 atom stereocenters. The second-order valence-electron chi connectivity index (χ2n) is 5.94. The Bertz CT molecular complexity index is 690. The van der Waals surface area contributed by atoms with Gasteiger partial charge in [-0.3, -0.25) is 4.79 Å². The van der Waals surface area contributed by atoms with Crippen LogP contribution in [0.5, 0.6) is 5.88 Å². The summed E-state index contributed by atoms with van der Waals surface area (Å²) in [5.41, 5.74) is 2.45. The number of aryl methyl sites for hydroxylation is 1. The standard InChI is InChI=1S/C17H22N4O3/c1-12-5-7-13(8-6-12)11-21-17(23-2)15(19-20-21)16(22)18-10-14-4-3-9-24-14/h5-8,14H,3-4,9-11H2,1-2H3,(H,18,22)/t14-/m1/s1. The van der Waals surface area contributed by atoms with E-state index in [-0.39, 0.29) is 17.7 Å². The molecular formula is C17H22N4O3. The molecule has 7 nitrogen and oxygen atoms in total. The van der Waals surface area contributed by atoms with Gasteiger partial charge in [-0.15, -0.1) is 5.10 Å². The molecule has 1 aliphatic rings. The molecular weight excluding hydrogens is 308 g/mol. The van der Waals surface area contributed by atoms with Crippen LogP contribution in [0.3, 0.4) is 0 Å². The second kappa shape index (κ2) is 7.44. The number of nitrogens with zero attached hydrogens (tertiary/aromatic N) is 3. The predicted molar refractivity (Wildman–Crippen MR) is 88.2 cm³/mol. The molecule has 128 valence electrons. The lowest BCUT2D eigenvalue weighted by Crippen LogP contribution is -2.32. The average Bonchev–Trinajstić information content (AvgIpc) is 3.24. The minimum absolute atomic E-state index is 0.0857. The highest BCUT2D eigenvalue weighted by atomic mass is 16.5. The van der Waals surface area contributed by atoms with Crippen LogP contribution in [0.4, 0.5) is 0 Å². The van der Waals surface area contributed by atoms with Crippen molar-refractivity contribution in [2.24, 2.45) is 0 Å². The van der Waals surface area contributed by atoms with Gasteiger partial charge < -0.3 is 14.8 Å². The lowest BCUT2D eigenvalue weighted by molar-refractivity contribution is 0.0851. The predicted octanol–water partition coefficient (Wildman–Crippen LogP) is 1.55. The number of carbonyl (C=O) groups is 1. The van der Waals surface area contributed by atoms with E-state index in [0.717, 1.165) is 25.0 Å². The Morgan fingerprint density at radius 1 is 1.42 bits per heavy atom. The summed E-state index contributed by atoms with van der Waals surface area (Å²) in [5, 5.41) is 10.9. The first-order valence-electron chi connectivity index (χ1n) is 8.10. The third kappa shape index (κ3) is 3.73. The van der Waals surface area contributed by atoms with Gasteiger partial charge in [0.15, 0.2) is 0 Å². The van der Waals surface area contributed by atoms with Crippen molar-refractivity contribution < 1.29 is 14.3 Å². The highest BCUT2D eigenvalue weighted by Gasteiger charge is 2.23. The molecule has 1 aromatic heterocycles. The van der Waals surface area contributed by atoms with Crippen molar-refractivity contribution >= 4 is 5.91 Å².